The minimum atomic E-state index is -4.10. The molecule has 152 valence electrons. The van der Waals surface area contributed by atoms with E-state index in [2.05, 4.69) is 29.5 Å². The van der Waals surface area contributed by atoms with Crippen LogP contribution in [-0.4, -0.2) is 43.5 Å². The Morgan fingerprint density at radius 1 is 1.19 bits per heavy atom. The van der Waals surface area contributed by atoms with Gasteiger partial charge in [0.1, 0.15) is 0 Å². The monoisotopic (exact) mass is 489 g/mol. The number of nitrogens with zero attached hydrogens (tertiary/aromatic N) is 1. The van der Waals surface area contributed by atoms with Crippen molar-refractivity contribution in [1.82, 2.24) is 10.6 Å². The SMILES string of the molecule is CCN=C(NC1CCCC(C(F)(F)F)C1)NC1C2CCOC2C1(C)C.I. The van der Waals surface area contributed by atoms with E-state index >= 15 is 0 Å². The van der Waals surface area contributed by atoms with Crippen LogP contribution in [0.1, 0.15) is 52.9 Å². The number of hydrogen-bond donors (Lipinski definition) is 2. The smallest absolute Gasteiger partial charge is 0.377 e. The third-order valence-corrected chi connectivity index (χ3v) is 6.19. The zero-order valence-corrected chi connectivity index (χ0v) is 18.1. The Morgan fingerprint density at radius 2 is 1.92 bits per heavy atom. The first-order valence-electron chi connectivity index (χ1n) is 9.49. The van der Waals surface area contributed by atoms with Crippen LogP contribution < -0.4 is 10.6 Å². The molecule has 0 bridgehead atoms. The number of alkyl halides is 3. The zero-order valence-electron chi connectivity index (χ0n) is 15.7. The summed E-state index contributed by atoms with van der Waals surface area (Å²) in [4.78, 5) is 4.48. The summed E-state index contributed by atoms with van der Waals surface area (Å²) in [6, 6.07) is 0.0804. The first-order chi connectivity index (χ1) is 11.7. The van der Waals surface area contributed by atoms with Crippen molar-refractivity contribution in [2.24, 2.45) is 22.2 Å². The van der Waals surface area contributed by atoms with Crippen LogP contribution in [0.3, 0.4) is 0 Å². The molecule has 26 heavy (non-hydrogen) atoms. The molecular formula is C18H31F3IN3O. The van der Waals surface area contributed by atoms with E-state index < -0.39 is 12.1 Å². The van der Waals surface area contributed by atoms with Crippen molar-refractivity contribution in [2.45, 2.75) is 77.2 Å². The molecule has 0 aromatic rings. The quantitative estimate of drug-likeness (QED) is 0.357. The summed E-state index contributed by atoms with van der Waals surface area (Å²) in [5, 5.41) is 6.77. The largest absolute Gasteiger partial charge is 0.391 e. The van der Waals surface area contributed by atoms with Crippen molar-refractivity contribution in [2.75, 3.05) is 13.2 Å². The Morgan fingerprint density at radius 3 is 2.58 bits per heavy atom. The van der Waals surface area contributed by atoms with E-state index in [1.165, 1.54) is 0 Å². The molecule has 0 spiro atoms. The second-order valence-corrected chi connectivity index (χ2v) is 8.26. The Bertz CT molecular complexity index is 512. The molecule has 3 rings (SSSR count). The van der Waals surface area contributed by atoms with Gasteiger partial charge in [-0.05, 0) is 32.6 Å². The molecule has 0 amide bonds. The van der Waals surface area contributed by atoms with Crippen molar-refractivity contribution < 1.29 is 17.9 Å². The lowest BCUT2D eigenvalue weighted by molar-refractivity contribution is -0.183. The Balaban J connectivity index is 0.00000243. The van der Waals surface area contributed by atoms with Gasteiger partial charge < -0.3 is 15.4 Å². The van der Waals surface area contributed by atoms with Gasteiger partial charge in [0, 0.05) is 36.6 Å². The van der Waals surface area contributed by atoms with Crippen LogP contribution in [0.5, 0.6) is 0 Å². The minimum absolute atomic E-state index is 0. The number of guanidine groups is 1. The predicted octanol–water partition coefficient (Wildman–Crippen LogP) is 4.09. The van der Waals surface area contributed by atoms with Gasteiger partial charge in [-0.1, -0.05) is 20.3 Å². The highest BCUT2D eigenvalue weighted by Gasteiger charge is 2.59. The molecule has 1 aliphatic heterocycles. The number of ether oxygens (including phenoxy) is 1. The standard InChI is InChI=1S/C18H30F3N3O.HI/c1-4-22-16(23-12-7-5-6-11(10-12)18(19,20)21)24-14-13-8-9-25-15(13)17(14,2)3;/h11-15H,4-10H2,1-3H3,(H2,22,23,24);1H. The minimum Gasteiger partial charge on any atom is -0.377 e. The van der Waals surface area contributed by atoms with E-state index in [1.54, 1.807) is 0 Å². The molecule has 2 aliphatic carbocycles. The Hall–Kier alpha value is -0.250. The lowest BCUT2D eigenvalue weighted by Gasteiger charge is -2.55. The summed E-state index contributed by atoms with van der Waals surface area (Å²) < 4.78 is 44.9. The van der Waals surface area contributed by atoms with Gasteiger partial charge in [0.15, 0.2) is 5.96 Å². The summed E-state index contributed by atoms with van der Waals surface area (Å²) in [6.07, 6.45) is -1.04. The van der Waals surface area contributed by atoms with E-state index in [0.29, 0.717) is 24.8 Å². The molecule has 0 aromatic carbocycles. The van der Waals surface area contributed by atoms with Crippen LogP contribution in [-0.2, 0) is 4.74 Å². The highest BCUT2D eigenvalue weighted by Crippen LogP contribution is 2.52. The van der Waals surface area contributed by atoms with Crippen molar-refractivity contribution in [3.05, 3.63) is 0 Å². The topological polar surface area (TPSA) is 45.7 Å². The number of rotatable bonds is 3. The average molecular weight is 489 g/mol. The number of aliphatic imine (C=N–C) groups is 1. The zero-order chi connectivity index (χ0) is 18.2. The summed E-state index contributed by atoms with van der Waals surface area (Å²) >= 11 is 0. The second kappa shape index (κ2) is 8.41. The molecule has 3 aliphatic rings. The fourth-order valence-corrected chi connectivity index (χ4v) is 4.87. The molecule has 3 fully saturated rings. The van der Waals surface area contributed by atoms with Gasteiger partial charge in [0.25, 0.3) is 0 Å². The van der Waals surface area contributed by atoms with Gasteiger partial charge in [-0.15, -0.1) is 24.0 Å². The average Bonchev–Trinajstić information content (AvgIpc) is 2.99. The van der Waals surface area contributed by atoms with E-state index in [9.17, 15) is 13.2 Å². The molecule has 5 atom stereocenters. The second-order valence-electron chi connectivity index (χ2n) is 8.26. The number of nitrogens with one attached hydrogen (secondary N) is 2. The molecule has 0 radical (unpaired) electrons. The maximum atomic E-state index is 13.0. The highest BCUT2D eigenvalue weighted by molar-refractivity contribution is 14.0. The van der Waals surface area contributed by atoms with Crippen molar-refractivity contribution in [1.29, 1.82) is 0 Å². The van der Waals surface area contributed by atoms with Gasteiger partial charge in [-0.25, -0.2) is 0 Å². The molecule has 5 unspecified atom stereocenters. The van der Waals surface area contributed by atoms with Gasteiger partial charge >= 0.3 is 6.18 Å². The van der Waals surface area contributed by atoms with Crippen LogP contribution in [0.15, 0.2) is 4.99 Å². The van der Waals surface area contributed by atoms with Gasteiger partial charge in [0.2, 0.25) is 0 Å². The molecule has 2 saturated carbocycles. The number of halogens is 4. The molecule has 1 heterocycles. The highest BCUT2D eigenvalue weighted by atomic mass is 127. The van der Waals surface area contributed by atoms with E-state index in [4.69, 9.17) is 4.74 Å². The Kier molecular flexibility index (Phi) is 7.13. The normalized spacial score (nSPS) is 36.5. The molecular weight excluding hydrogens is 458 g/mol. The third kappa shape index (κ3) is 4.42. The van der Waals surface area contributed by atoms with Crippen LogP contribution in [0.4, 0.5) is 13.2 Å². The van der Waals surface area contributed by atoms with E-state index in [1.807, 2.05) is 6.92 Å². The third-order valence-electron chi connectivity index (χ3n) is 6.19. The molecule has 8 heteroatoms. The van der Waals surface area contributed by atoms with Gasteiger partial charge in [0.05, 0.1) is 12.0 Å². The van der Waals surface area contributed by atoms with Crippen molar-refractivity contribution in [3.63, 3.8) is 0 Å². The summed E-state index contributed by atoms with van der Waals surface area (Å²) in [6.45, 7) is 7.70. The van der Waals surface area contributed by atoms with Crippen LogP contribution in [0.25, 0.3) is 0 Å². The first-order valence-corrected chi connectivity index (χ1v) is 9.49. The van der Waals surface area contributed by atoms with Crippen LogP contribution in [0, 0.1) is 17.3 Å². The number of hydrogen-bond acceptors (Lipinski definition) is 2. The first kappa shape index (κ1) is 22.0. The number of fused-ring (bicyclic) bond motifs is 1. The molecule has 2 N–H and O–H groups in total. The van der Waals surface area contributed by atoms with E-state index in [-0.39, 0.29) is 60.4 Å². The maximum absolute atomic E-state index is 13.0. The molecule has 0 aromatic heterocycles. The maximum Gasteiger partial charge on any atom is 0.391 e. The predicted molar refractivity (Wildman–Crippen MR) is 107 cm³/mol. The summed E-state index contributed by atoms with van der Waals surface area (Å²) in [5.41, 5.74) is 0.0123. The molecule has 1 saturated heterocycles. The summed E-state index contributed by atoms with van der Waals surface area (Å²) in [7, 11) is 0. The van der Waals surface area contributed by atoms with Crippen LogP contribution >= 0.6 is 24.0 Å². The fraction of sp³-hybridized carbons (Fsp3) is 0.944. The van der Waals surface area contributed by atoms with Crippen molar-refractivity contribution >= 4 is 29.9 Å². The van der Waals surface area contributed by atoms with Gasteiger partial charge in [-0.2, -0.15) is 13.2 Å². The van der Waals surface area contributed by atoms with Gasteiger partial charge in [-0.3, -0.25) is 4.99 Å². The summed E-state index contributed by atoms with van der Waals surface area (Å²) in [5.74, 6) is -0.0822. The van der Waals surface area contributed by atoms with Crippen LogP contribution in [0.2, 0.25) is 0 Å². The Labute approximate surface area is 171 Å². The van der Waals surface area contributed by atoms with Crippen molar-refractivity contribution in [3.8, 4) is 0 Å². The lowest BCUT2D eigenvalue weighted by Crippen LogP contribution is -2.68. The lowest BCUT2D eigenvalue weighted by atomic mass is 9.57. The fourth-order valence-electron chi connectivity index (χ4n) is 4.87. The molecule has 4 nitrogen and oxygen atoms in total. The van der Waals surface area contributed by atoms with E-state index in [0.717, 1.165) is 19.4 Å².